The first kappa shape index (κ1) is 13.6. The minimum atomic E-state index is -0.379. The Hall–Kier alpha value is -1.87. The number of nitriles is 1. The zero-order valence-electron chi connectivity index (χ0n) is 11.4. The summed E-state index contributed by atoms with van der Waals surface area (Å²) >= 11 is 0. The highest BCUT2D eigenvalue weighted by Gasteiger charge is 2.21. The molecule has 1 saturated heterocycles. The third-order valence-corrected chi connectivity index (χ3v) is 2.91. The summed E-state index contributed by atoms with van der Waals surface area (Å²) in [6.07, 6.45) is 0.669. The van der Waals surface area contributed by atoms with E-state index in [1.54, 1.807) is 0 Å². The molecule has 0 saturated carbocycles. The molecule has 1 aliphatic heterocycles. The Bertz CT molecular complexity index is 471. The van der Waals surface area contributed by atoms with Gasteiger partial charge in [-0.1, -0.05) is 6.92 Å². The number of hydrogen-bond donors (Lipinski definition) is 1. The van der Waals surface area contributed by atoms with Crippen molar-refractivity contribution >= 4 is 11.6 Å². The lowest BCUT2D eigenvalue weighted by atomic mass is 10.3. The highest BCUT2D eigenvalue weighted by molar-refractivity contribution is 5.50. The van der Waals surface area contributed by atoms with Crippen LogP contribution < -0.4 is 10.2 Å². The van der Waals surface area contributed by atoms with Gasteiger partial charge in [-0.3, -0.25) is 0 Å². The van der Waals surface area contributed by atoms with E-state index in [-0.39, 0.29) is 6.10 Å². The van der Waals surface area contributed by atoms with Crippen LogP contribution in [0, 0.1) is 18.3 Å². The molecule has 0 amide bonds. The van der Waals surface area contributed by atoms with Crippen molar-refractivity contribution in [2.75, 3.05) is 36.5 Å². The second-order valence-corrected chi connectivity index (χ2v) is 4.52. The van der Waals surface area contributed by atoms with Gasteiger partial charge in [0.15, 0.2) is 6.10 Å². The van der Waals surface area contributed by atoms with Crippen LogP contribution in [-0.2, 0) is 4.74 Å². The van der Waals surface area contributed by atoms with E-state index in [9.17, 15) is 0 Å². The number of hydrogen-bond acceptors (Lipinski definition) is 6. The number of nitrogens with one attached hydrogen (secondary N) is 1. The topological polar surface area (TPSA) is 74.1 Å². The van der Waals surface area contributed by atoms with Gasteiger partial charge in [0.2, 0.25) is 0 Å². The van der Waals surface area contributed by atoms with Gasteiger partial charge in [0.1, 0.15) is 17.5 Å². The molecule has 0 aliphatic carbocycles. The second-order valence-electron chi connectivity index (χ2n) is 4.52. The molecule has 1 aliphatic rings. The Labute approximate surface area is 113 Å². The Morgan fingerprint density at radius 1 is 1.58 bits per heavy atom. The van der Waals surface area contributed by atoms with Crippen LogP contribution in [0.5, 0.6) is 0 Å². The van der Waals surface area contributed by atoms with Gasteiger partial charge in [0.25, 0.3) is 0 Å². The second kappa shape index (κ2) is 6.34. The van der Waals surface area contributed by atoms with Crippen molar-refractivity contribution in [2.45, 2.75) is 26.4 Å². The van der Waals surface area contributed by atoms with Crippen molar-refractivity contribution in [2.24, 2.45) is 0 Å². The van der Waals surface area contributed by atoms with E-state index in [0.29, 0.717) is 13.2 Å². The van der Waals surface area contributed by atoms with E-state index in [1.807, 2.05) is 13.0 Å². The highest BCUT2D eigenvalue weighted by Crippen LogP contribution is 2.18. The molecule has 6 nitrogen and oxygen atoms in total. The lowest BCUT2D eigenvalue weighted by Crippen LogP contribution is -2.42. The van der Waals surface area contributed by atoms with E-state index < -0.39 is 0 Å². The van der Waals surface area contributed by atoms with Gasteiger partial charge in [-0.2, -0.15) is 5.26 Å². The number of aromatic nitrogens is 2. The maximum Gasteiger partial charge on any atom is 0.161 e. The van der Waals surface area contributed by atoms with Crippen LogP contribution in [0.4, 0.5) is 11.6 Å². The minimum Gasteiger partial charge on any atom is -0.370 e. The molecule has 2 heterocycles. The molecule has 6 heteroatoms. The standard InChI is InChI=1S/C13H19N5O/c1-3-4-15-12-7-13(17-10(2)16-12)18-5-6-19-11(8-14)9-18/h7,11H,3-6,9H2,1-2H3,(H,15,16,17). The molecule has 1 N–H and O–H groups in total. The third-order valence-electron chi connectivity index (χ3n) is 2.91. The molecule has 2 rings (SSSR count). The van der Waals surface area contributed by atoms with E-state index in [1.165, 1.54) is 0 Å². The van der Waals surface area contributed by atoms with Gasteiger partial charge in [0, 0.05) is 19.2 Å². The first-order chi connectivity index (χ1) is 9.22. The Balaban J connectivity index is 2.14. The summed E-state index contributed by atoms with van der Waals surface area (Å²) in [4.78, 5) is 10.9. The quantitative estimate of drug-likeness (QED) is 0.881. The van der Waals surface area contributed by atoms with E-state index in [2.05, 4.69) is 33.2 Å². The maximum atomic E-state index is 8.93. The van der Waals surface area contributed by atoms with Crippen LogP contribution in [0.1, 0.15) is 19.2 Å². The van der Waals surface area contributed by atoms with E-state index >= 15 is 0 Å². The smallest absolute Gasteiger partial charge is 0.161 e. The lowest BCUT2D eigenvalue weighted by Gasteiger charge is -2.30. The molecule has 1 aromatic rings. The fourth-order valence-corrected chi connectivity index (χ4v) is 1.99. The van der Waals surface area contributed by atoms with Crippen LogP contribution >= 0.6 is 0 Å². The minimum absolute atomic E-state index is 0.379. The van der Waals surface area contributed by atoms with Crippen LogP contribution in [0.2, 0.25) is 0 Å². The van der Waals surface area contributed by atoms with Crippen LogP contribution in [-0.4, -0.2) is 42.3 Å². The maximum absolute atomic E-state index is 8.93. The van der Waals surface area contributed by atoms with Gasteiger partial charge >= 0.3 is 0 Å². The van der Waals surface area contributed by atoms with Crippen molar-refractivity contribution in [3.8, 4) is 6.07 Å². The average molecular weight is 261 g/mol. The summed E-state index contributed by atoms with van der Waals surface area (Å²) in [5.41, 5.74) is 0. The molecular formula is C13H19N5O. The zero-order chi connectivity index (χ0) is 13.7. The van der Waals surface area contributed by atoms with Gasteiger partial charge in [-0.05, 0) is 13.3 Å². The first-order valence-corrected chi connectivity index (χ1v) is 6.58. The molecule has 1 fully saturated rings. The van der Waals surface area contributed by atoms with Crippen molar-refractivity contribution in [3.05, 3.63) is 11.9 Å². The average Bonchev–Trinajstić information content (AvgIpc) is 2.44. The Kier molecular flexibility index (Phi) is 4.53. The molecule has 102 valence electrons. The van der Waals surface area contributed by atoms with Gasteiger partial charge in [-0.25, -0.2) is 9.97 Å². The molecule has 0 bridgehead atoms. The van der Waals surface area contributed by atoms with E-state index in [4.69, 9.17) is 10.00 Å². The van der Waals surface area contributed by atoms with Gasteiger partial charge in [-0.15, -0.1) is 0 Å². The van der Waals surface area contributed by atoms with Gasteiger partial charge < -0.3 is 15.0 Å². The summed E-state index contributed by atoms with van der Waals surface area (Å²) in [7, 11) is 0. The summed E-state index contributed by atoms with van der Waals surface area (Å²) in [6.45, 7) is 6.74. The van der Waals surface area contributed by atoms with Crippen molar-refractivity contribution < 1.29 is 4.74 Å². The van der Waals surface area contributed by atoms with Crippen LogP contribution in [0.15, 0.2) is 6.07 Å². The van der Waals surface area contributed by atoms with Crippen molar-refractivity contribution in [3.63, 3.8) is 0 Å². The Morgan fingerprint density at radius 2 is 2.42 bits per heavy atom. The molecule has 19 heavy (non-hydrogen) atoms. The molecule has 1 unspecified atom stereocenters. The summed E-state index contributed by atoms with van der Waals surface area (Å²) < 4.78 is 5.34. The lowest BCUT2D eigenvalue weighted by molar-refractivity contribution is 0.0761. The Morgan fingerprint density at radius 3 is 3.16 bits per heavy atom. The normalized spacial score (nSPS) is 19.0. The van der Waals surface area contributed by atoms with Crippen molar-refractivity contribution in [1.82, 2.24) is 9.97 Å². The number of nitrogens with zero attached hydrogens (tertiary/aromatic N) is 4. The predicted molar refractivity (Wildman–Crippen MR) is 73.1 cm³/mol. The fraction of sp³-hybridized carbons (Fsp3) is 0.615. The summed E-state index contributed by atoms with van der Waals surface area (Å²) in [5.74, 6) is 2.43. The number of morpholine rings is 1. The third kappa shape index (κ3) is 3.55. The molecule has 1 atom stereocenters. The SMILES string of the molecule is CCCNc1cc(N2CCOC(C#N)C2)nc(C)n1. The monoisotopic (exact) mass is 261 g/mol. The highest BCUT2D eigenvalue weighted by atomic mass is 16.5. The molecule has 0 radical (unpaired) electrons. The summed E-state index contributed by atoms with van der Waals surface area (Å²) in [5, 5.41) is 12.2. The largest absolute Gasteiger partial charge is 0.370 e. The van der Waals surface area contributed by atoms with Crippen LogP contribution in [0.25, 0.3) is 0 Å². The number of ether oxygens (including phenoxy) is 1. The zero-order valence-corrected chi connectivity index (χ0v) is 11.4. The molecular weight excluding hydrogens is 242 g/mol. The number of rotatable bonds is 4. The van der Waals surface area contributed by atoms with E-state index in [0.717, 1.165) is 37.0 Å². The molecule has 0 spiro atoms. The van der Waals surface area contributed by atoms with Gasteiger partial charge in [0.05, 0.1) is 19.2 Å². The van der Waals surface area contributed by atoms with Crippen molar-refractivity contribution in [1.29, 1.82) is 5.26 Å². The predicted octanol–water partition coefficient (Wildman–Crippen LogP) is 1.34. The fourth-order valence-electron chi connectivity index (χ4n) is 1.99. The molecule has 0 aromatic carbocycles. The number of aryl methyl sites for hydroxylation is 1. The number of anilines is 2. The first-order valence-electron chi connectivity index (χ1n) is 6.58. The van der Waals surface area contributed by atoms with Crippen LogP contribution in [0.3, 0.4) is 0 Å². The summed E-state index contributed by atoms with van der Waals surface area (Å²) in [6, 6.07) is 4.08. The molecule has 1 aromatic heterocycles.